The van der Waals surface area contributed by atoms with Crippen molar-refractivity contribution in [2.75, 3.05) is 6.54 Å². The summed E-state index contributed by atoms with van der Waals surface area (Å²) < 4.78 is 37.1. The lowest BCUT2D eigenvalue weighted by Crippen LogP contribution is -2.51. The largest absolute Gasteiger partial charge is 0.471 e. The summed E-state index contributed by atoms with van der Waals surface area (Å²) in [5.74, 6) is -2.01. The minimum Gasteiger partial charge on any atom is -0.315 e. The van der Waals surface area contributed by atoms with Crippen molar-refractivity contribution in [2.45, 2.75) is 33.0 Å². The molecule has 0 rings (SSSR count). The molecule has 0 unspecified atom stereocenters. The smallest absolute Gasteiger partial charge is 0.315 e. The maximum atomic E-state index is 12.4. The van der Waals surface area contributed by atoms with E-state index in [0.29, 0.717) is 4.90 Å². The number of amides is 1. The molecule has 0 aromatic carbocycles. The summed E-state index contributed by atoms with van der Waals surface area (Å²) >= 11 is 0. The van der Waals surface area contributed by atoms with Gasteiger partial charge in [-0.2, -0.15) is 18.4 Å². The molecule has 17 heavy (non-hydrogen) atoms. The third-order valence-corrected chi connectivity index (χ3v) is 2.08. The maximum absolute atomic E-state index is 12.4. The summed E-state index contributed by atoms with van der Waals surface area (Å²) in [6, 6.07) is 0.579. The highest BCUT2D eigenvalue weighted by Crippen LogP contribution is 2.28. The Kier molecular flexibility index (Phi) is 4.75. The lowest BCUT2D eigenvalue weighted by Gasteiger charge is -2.35. The van der Waals surface area contributed by atoms with Crippen LogP contribution >= 0.6 is 0 Å². The number of hydrogen-bond acceptors (Lipinski definition) is 2. The zero-order valence-corrected chi connectivity index (χ0v) is 10.0. The van der Waals surface area contributed by atoms with Gasteiger partial charge in [-0.1, -0.05) is 26.8 Å². The molecule has 0 saturated carbocycles. The fraction of sp³-hybridized carbons (Fsp3) is 0.636. The van der Waals surface area contributed by atoms with E-state index in [1.165, 1.54) is 6.08 Å². The van der Waals surface area contributed by atoms with Crippen LogP contribution in [0.15, 0.2) is 12.7 Å². The summed E-state index contributed by atoms with van der Waals surface area (Å²) in [5.41, 5.74) is -0.765. The van der Waals surface area contributed by atoms with Crippen LogP contribution in [0, 0.1) is 16.7 Å². The zero-order valence-electron chi connectivity index (χ0n) is 10.0. The third kappa shape index (κ3) is 4.10. The monoisotopic (exact) mass is 248 g/mol. The van der Waals surface area contributed by atoms with E-state index in [1.54, 1.807) is 26.8 Å². The Balaban J connectivity index is 5.31. The number of nitrogens with zero attached hydrogens (tertiary/aromatic N) is 2. The molecule has 0 aliphatic carbocycles. The molecule has 0 aliphatic rings. The number of hydrogen-bond donors (Lipinski definition) is 0. The zero-order chi connectivity index (χ0) is 13.9. The molecular weight excluding hydrogens is 233 g/mol. The Morgan fingerprint density at radius 3 is 2.18 bits per heavy atom. The van der Waals surface area contributed by atoms with E-state index < -0.39 is 23.5 Å². The number of carbonyl (C=O) groups excluding carboxylic acids is 1. The van der Waals surface area contributed by atoms with E-state index in [9.17, 15) is 18.0 Å². The van der Waals surface area contributed by atoms with Gasteiger partial charge in [0.1, 0.15) is 6.04 Å². The number of alkyl halides is 3. The minimum atomic E-state index is -4.98. The summed E-state index contributed by atoms with van der Waals surface area (Å²) in [5, 5.41) is 8.93. The second kappa shape index (κ2) is 5.21. The highest BCUT2D eigenvalue weighted by Gasteiger charge is 2.46. The number of halogens is 3. The van der Waals surface area contributed by atoms with Crippen molar-refractivity contribution in [3.8, 4) is 6.07 Å². The summed E-state index contributed by atoms with van der Waals surface area (Å²) in [6.45, 7) is 7.77. The van der Waals surface area contributed by atoms with Crippen molar-refractivity contribution < 1.29 is 18.0 Å². The van der Waals surface area contributed by atoms with Crippen molar-refractivity contribution in [3.63, 3.8) is 0 Å². The fourth-order valence-corrected chi connectivity index (χ4v) is 1.34. The van der Waals surface area contributed by atoms with E-state index in [0.717, 1.165) is 0 Å². The van der Waals surface area contributed by atoms with E-state index in [4.69, 9.17) is 5.26 Å². The highest BCUT2D eigenvalue weighted by atomic mass is 19.4. The quantitative estimate of drug-likeness (QED) is 0.720. The van der Waals surface area contributed by atoms with Crippen molar-refractivity contribution in [3.05, 3.63) is 12.7 Å². The van der Waals surface area contributed by atoms with E-state index >= 15 is 0 Å². The molecule has 0 fully saturated rings. The standard InChI is InChI=1S/C11H15F3N2O/c1-5-6-16(9(17)11(12,13)14)8(7-15)10(2,3)4/h5,8H,1,6H2,2-4H3/t8-/m1/s1. The van der Waals surface area contributed by atoms with Crippen molar-refractivity contribution >= 4 is 5.91 Å². The van der Waals surface area contributed by atoms with Gasteiger partial charge in [0.05, 0.1) is 6.07 Å². The molecule has 1 atom stereocenters. The molecular formula is C11H15F3N2O. The predicted octanol–water partition coefficient (Wildman–Crippen LogP) is 2.50. The molecule has 96 valence electrons. The van der Waals surface area contributed by atoms with Crippen LogP contribution in [0.4, 0.5) is 13.2 Å². The average molecular weight is 248 g/mol. The van der Waals surface area contributed by atoms with Gasteiger partial charge >= 0.3 is 12.1 Å². The Hall–Kier alpha value is -1.51. The Bertz CT molecular complexity index is 336. The number of nitriles is 1. The summed E-state index contributed by atoms with van der Waals surface area (Å²) in [4.78, 5) is 11.7. The van der Waals surface area contributed by atoms with Crippen LogP contribution in [-0.4, -0.2) is 29.6 Å². The van der Waals surface area contributed by atoms with Gasteiger partial charge in [-0.25, -0.2) is 0 Å². The van der Waals surface area contributed by atoms with Gasteiger partial charge in [0, 0.05) is 6.54 Å². The van der Waals surface area contributed by atoms with E-state index in [2.05, 4.69) is 6.58 Å². The van der Waals surface area contributed by atoms with E-state index in [-0.39, 0.29) is 6.54 Å². The van der Waals surface area contributed by atoms with Crippen molar-refractivity contribution in [2.24, 2.45) is 5.41 Å². The van der Waals surface area contributed by atoms with Crippen molar-refractivity contribution in [1.29, 1.82) is 5.26 Å². The van der Waals surface area contributed by atoms with Gasteiger partial charge in [-0.3, -0.25) is 4.79 Å². The van der Waals surface area contributed by atoms with Gasteiger partial charge in [0.15, 0.2) is 0 Å². The van der Waals surface area contributed by atoms with Gasteiger partial charge in [-0.05, 0) is 5.41 Å². The van der Waals surface area contributed by atoms with E-state index in [1.807, 2.05) is 0 Å². The van der Waals surface area contributed by atoms with Gasteiger partial charge in [0.25, 0.3) is 0 Å². The van der Waals surface area contributed by atoms with Crippen LogP contribution < -0.4 is 0 Å². The molecule has 0 saturated heterocycles. The first-order valence-corrected chi connectivity index (χ1v) is 4.94. The first-order valence-electron chi connectivity index (χ1n) is 4.94. The molecule has 0 aromatic rings. The van der Waals surface area contributed by atoms with Crippen molar-refractivity contribution in [1.82, 2.24) is 4.90 Å². The molecule has 0 bridgehead atoms. The molecule has 0 aliphatic heterocycles. The van der Waals surface area contributed by atoms with Crippen LogP contribution in [0.25, 0.3) is 0 Å². The maximum Gasteiger partial charge on any atom is 0.471 e. The Labute approximate surface area is 98.5 Å². The van der Waals surface area contributed by atoms with Crippen LogP contribution in [0.2, 0.25) is 0 Å². The first kappa shape index (κ1) is 15.5. The molecule has 0 spiro atoms. The molecule has 3 nitrogen and oxygen atoms in total. The van der Waals surface area contributed by atoms with Crippen LogP contribution in [0.3, 0.4) is 0 Å². The average Bonchev–Trinajstić information content (AvgIpc) is 2.13. The molecule has 0 aromatic heterocycles. The first-order chi connectivity index (χ1) is 7.55. The predicted molar refractivity (Wildman–Crippen MR) is 56.8 cm³/mol. The van der Waals surface area contributed by atoms with Gasteiger partial charge in [-0.15, -0.1) is 6.58 Å². The number of rotatable bonds is 3. The molecule has 1 amide bonds. The van der Waals surface area contributed by atoms with Crippen LogP contribution in [-0.2, 0) is 4.79 Å². The molecule has 0 N–H and O–H groups in total. The lowest BCUT2D eigenvalue weighted by atomic mass is 9.86. The van der Waals surface area contributed by atoms with Gasteiger partial charge < -0.3 is 4.90 Å². The Morgan fingerprint density at radius 2 is 1.94 bits per heavy atom. The minimum absolute atomic E-state index is 0.312. The molecule has 0 heterocycles. The molecule has 6 heteroatoms. The van der Waals surface area contributed by atoms with Gasteiger partial charge in [0.2, 0.25) is 0 Å². The fourth-order valence-electron chi connectivity index (χ4n) is 1.34. The summed E-state index contributed by atoms with van der Waals surface area (Å²) in [7, 11) is 0. The van der Waals surface area contributed by atoms with Crippen LogP contribution in [0.1, 0.15) is 20.8 Å². The topological polar surface area (TPSA) is 44.1 Å². The normalized spacial score (nSPS) is 13.7. The Morgan fingerprint density at radius 1 is 1.47 bits per heavy atom. The lowest BCUT2D eigenvalue weighted by molar-refractivity contribution is -0.187. The SMILES string of the molecule is C=CCN(C(=O)C(F)(F)F)[C@H](C#N)C(C)(C)C. The molecule has 0 radical (unpaired) electrons. The second-order valence-electron chi connectivity index (χ2n) is 4.64. The summed E-state index contributed by atoms with van der Waals surface area (Å²) in [6.07, 6.45) is -3.82. The highest BCUT2D eigenvalue weighted by molar-refractivity contribution is 5.82. The number of carbonyl (C=O) groups is 1. The third-order valence-electron chi connectivity index (χ3n) is 2.08. The second-order valence-corrected chi connectivity index (χ2v) is 4.64. The van der Waals surface area contributed by atoms with Crippen LogP contribution in [0.5, 0.6) is 0 Å².